The van der Waals surface area contributed by atoms with Crippen LogP contribution in [0.4, 0.5) is 0 Å². The molecule has 0 aromatic carbocycles. The smallest absolute Gasteiger partial charge is 0.272 e. The molecule has 0 radical (unpaired) electrons. The standard InChI is InChI=1S/C24H33N7O3/c1-14(2)31-21-19(13-26-31)17(11-20(28-21)24(34)30(7)9-8-29(5)6)22(32)25-12-18-15(3)10-16(4)27-23(18)33/h10-11,13-14,18H,8-9,12H2,1-7H3,(H,25,32). The third-order valence-electron chi connectivity index (χ3n) is 5.79. The lowest BCUT2D eigenvalue weighted by molar-refractivity contribution is -0.120. The highest BCUT2D eigenvalue weighted by Gasteiger charge is 2.26. The number of pyridine rings is 1. The second-order valence-electron chi connectivity index (χ2n) is 9.25. The largest absolute Gasteiger partial charge is 0.351 e. The highest BCUT2D eigenvalue weighted by Crippen LogP contribution is 2.23. The van der Waals surface area contributed by atoms with Crippen molar-refractivity contribution in [1.82, 2.24) is 29.9 Å². The fourth-order valence-electron chi connectivity index (χ4n) is 3.79. The predicted molar refractivity (Wildman–Crippen MR) is 131 cm³/mol. The number of hydrogen-bond donors (Lipinski definition) is 1. The number of carbonyl (C=O) groups excluding carboxylic acids is 3. The van der Waals surface area contributed by atoms with E-state index < -0.39 is 11.8 Å². The summed E-state index contributed by atoms with van der Waals surface area (Å²) < 4.78 is 1.69. The quantitative estimate of drug-likeness (QED) is 0.635. The third-order valence-corrected chi connectivity index (χ3v) is 5.79. The minimum atomic E-state index is -0.512. The van der Waals surface area contributed by atoms with Crippen LogP contribution in [0.15, 0.2) is 28.9 Å². The molecule has 1 aliphatic rings. The molecule has 0 bridgehead atoms. The molecular formula is C24H33N7O3. The van der Waals surface area contributed by atoms with Crippen LogP contribution < -0.4 is 5.32 Å². The Balaban J connectivity index is 1.92. The summed E-state index contributed by atoms with van der Waals surface area (Å²) in [7, 11) is 5.59. The summed E-state index contributed by atoms with van der Waals surface area (Å²) in [5, 5.41) is 7.78. The van der Waals surface area contributed by atoms with Gasteiger partial charge in [-0.3, -0.25) is 14.4 Å². The molecule has 1 unspecified atom stereocenters. The van der Waals surface area contributed by atoms with E-state index in [1.807, 2.05) is 45.8 Å². The first-order valence-corrected chi connectivity index (χ1v) is 11.3. The molecule has 182 valence electrons. The van der Waals surface area contributed by atoms with Gasteiger partial charge in [-0.2, -0.15) is 5.10 Å². The monoisotopic (exact) mass is 467 g/mol. The van der Waals surface area contributed by atoms with E-state index >= 15 is 0 Å². The van der Waals surface area contributed by atoms with Gasteiger partial charge in [0.05, 0.1) is 23.1 Å². The van der Waals surface area contributed by atoms with E-state index in [9.17, 15) is 14.4 Å². The Hall–Kier alpha value is -3.40. The molecule has 0 aliphatic carbocycles. The van der Waals surface area contributed by atoms with E-state index in [-0.39, 0.29) is 30.1 Å². The molecule has 2 aromatic rings. The lowest BCUT2D eigenvalue weighted by atomic mass is 9.95. The Labute approximate surface area is 199 Å². The summed E-state index contributed by atoms with van der Waals surface area (Å²) in [6, 6.07) is 1.50. The van der Waals surface area contributed by atoms with Gasteiger partial charge >= 0.3 is 0 Å². The summed E-state index contributed by atoms with van der Waals surface area (Å²) >= 11 is 0. The number of likely N-dealkylation sites (N-methyl/N-ethyl adjacent to an activating group) is 2. The van der Waals surface area contributed by atoms with Crippen molar-refractivity contribution < 1.29 is 14.4 Å². The second kappa shape index (κ2) is 10.3. The Kier molecular flexibility index (Phi) is 7.61. The first-order chi connectivity index (χ1) is 16.0. The van der Waals surface area contributed by atoms with Gasteiger partial charge in [-0.1, -0.05) is 5.57 Å². The fourth-order valence-corrected chi connectivity index (χ4v) is 3.79. The number of rotatable bonds is 8. The Bertz CT molecular complexity index is 1180. The zero-order valence-corrected chi connectivity index (χ0v) is 20.9. The summed E-state index contributed by atoms with van der Waals surface area (Å²) in [6.45, 7) is 8.87. The summed E-state index contributed by atoms with van der Waals surface area (Å²) in [5.74, 6) is -1.46. The molecular weight excluding hydrogens is 434 g/mol. The van der Waals surface area contributed by atoms with Gasteiger partial charge < -0.3 is 15.1 Å². The van der Waals surface area contributed by atoms with Crippen LogP contribution in [0.3, 0.4) is 0 Å². The van der Waals surface area contributed by atoms with Gasteiger partial charge in [0, 0.05) is 38.4 Å². The molecule has 0 fully saturated rings. The van der Waals surface area contributed by atoms with Crippen molar-refractivity contribution in [3.63, 3.8) is 0 Å². The molecule has 2 aromatic heterocycles. The third kappa shape index (κ3) is 5.39. The first kappa shape index (κ1) is 25.2. The molecule has 10 nitrogen and oxygen atoms in total. The van der Waals surface area contributed by atoms with Crippen molar-refractivity contribution in [3.8, 4) is 0 Å². The SMILES string of the molecule is CC1=CC(C)=NC(=O)C1CNC(=O)c1cc(C(=O)N(C)CCN(C)C)nc2c1cnn2C(C)C. The van der Waals surface area contributed by atoms with Crippen molar-refractivity contribution in [2.24, 2.45) is 10.9 Å². The molecule has 1 N–H and O–H groups in total. The number of carbonyl (C=O) groups is 3. The fraction of sp³-hybridized carbons (Fsp3) is 0.500. The number of allylic oxidation sites excluding steroid dienone is 1. The van der Waals surface area contributed by atoms with E-state index in [1.54, 1.807) is 29.7 Å². The average Bonchev–Trinajstić information content (AvgIpc) is 3.19. The van der Waals surface area contributed by atoms with Gasteiger partial charge in [0.15, 0.2) is 5.65 Å². The zero-order valence-electron chi connectivity index (χ0n) is 20.9. The predicted octanol–water partition coefficient (Wildman–Crippen LogP) is 1.94. The van der Waals surface area contributed by atoms with Crippen LogP contribution in [0, 0.1) is 5.92 Å². The molecule has 0 spiro atoms. The van der Waals surface area contributed by atoms with Crippen LogP contribution >= 0.6 is 0 Å². The molecule has 1 atom stereocenters. The molecule has 1 aliphatic heterocycles. The number of hydrogen-bond acceptors (Lipinski definition) is 6. The number of nitrogens with zero attached hydrogens (tertiary/aromatic N) is 6. The highest BCUT2D eigenvalue weighted by atomic mass is 16.2. The van der Waals surface area contributed by atoms with Crippen LogP contribution in [0.25, 0.3) is 11.0 Å². The molecule has 10 heteroatoms. The first-order valence-electron chi connectivity index (χ1n) is 11.3. The van der Waals surface area contributed by atoms with Crippen molar-refractivity contribution in [1.29, 1.82) is 0 Å². The normalized spacial score (nSPS) is 16.1. The van der Waals surface area contributed by atoms with E-state index in [2.05, 4.69) is 20.4 Å². The van der Waals surface area contributed by atoms with Gasteiger partial charge in [0.1, 0.15) is 5.69 Å². The Morgan fingerprint density at radius 3 is 2.50 bits per heavy atom. The van der Waals surface area contributed by atoms with Gasteiger partial charge in [0.25, 0.3) is 17.7 Å². The maximum absolute atomic E-state index is 13.2. The molecule has 34 heavy (non-hydrogen) atoms. The van der Waals surface area contributed by atoms with E-state index in [0.717, 1.165) is 5.57 Å². The minimum absolute atomic E-state index is 0.00789. The number of nitrogens with one attached hydrogen (secondary N) is 1. The average molecular weight is 468 g/mol. The molecule has 0 saturated carbocycles. The van der Waals surface area contributed by atoms with Crippen molar-refractivity contribution >= 4 is 34.5 Å². The van der Waals surface area contributed by atoms with E-state index in [0.29, 0.717) is 35.4 Å². The summed E-state index contributed by atoms with van der Waals surface area (Å²) in [6.07, 6.45) is 3.43. The molecule has 3 heterocycles. The van der Waals surface area contributed by atoms with Gasteiger partial charge in [0.2, 0.25) is 0 Å². The number of aliphatic imine (C=N–C) groups is 1. The minimum Gasteiger partial charge on any atom is -0.351 e. The van der Waals surface area contributed by atoms with Crippen molar-refractivity contribution in [2.45, 2.75) is 33.7 Å². The van der Waals surface area contributed by atoms with E-state index in [4.69, 9.17) is 0 Å². The maximum atomic E-state index is 13.2. The van der Waals surface area contributed by atoms with Crippen LogP contribution in [0.5, 0.6) is 0 Å². The van der Waals surface area contributed by atoms with Crippen LogP contribution in [0.1, 0.15) is 54.6 Å². The highest BCUT2D eigenvalue weighted by molar-refractivity contribution is 6.09. The topological polar surface area (TPSA) is 113 Å². The summed E-state index contributed by atoms with van der Waals surface area (Å²) in [5.41, 5.74) is 2.45. The molecule has 0 saturated heterocycles. The van der Waals surface area contributed by atoms with Gasteiger partial charge in [-0.05, 0) is 53.9 Å². The number of fused-ring (bicyclic) bond motifs is 1. The number of dihydropyridines is 1. The molecule has 3 amide bonds. The number of aromatic nitrogens is 3. The van der Waals surface area contributed by atoms with Crippen LogP contribution in [0.2, 0.25) is 0 Å². The van der Waals surface area contributed by atoms with Crippen molar-refractivity contribution in [2.75, 3.05) is 40.8 Å². The zero-order chi connectivity index (χ0) is 25.2. The Morgan fingerprint density at radius 1 is 1.18 bits per heavy atom. The summed E-state index contributed by atoms with van der Waals surface area (Å²) in [4.78, 5) is 50.8. The second-order valence-corrected chi connectivity index (χ2v) is 9.25. The van der Waals surface area contributed by atoms with Crippen LogP contribution in [-0.2, 0) is 4.79 Å². The maximum Gasteiger partial charge on any atom is 0.272 e. The lowest BCUT2D eigenvalue weighted by Crippen LogP contribution is -2.35. The van der Waals surface area contributed by atoms with Crippen LogP contribution in [-0.4, -0.2) is 88.8 Å². The van der Waals surface area contributed by atoms with Crippen molar-refractivity contribution in [3.05, 3.63) is 35.2 Å². The van der Waals surface area contributed by atoms with Gasteiger partial charge in [-0.25, -0.2) is 14.7 Å². The number of amides is 3. The van der Waals surface area contributed by atoms with Gasteiger partial charge in [-0.15, -0.1) is 0 Å². The molecule has 3 rings (SSSR count). The Morgan fingerprint density at radius 2 is 1.88 bits per heavy atom. The lowest BCUT2D eigenvalue weighted by Gasteiger charge is -2.20. The van der Waals surface area contributed by atoms with E-state index in [1.165, 1.54) is 6.07 Å².